The third kappa shape index (κ3) is 16.1. The van der Waals surface area contributed by atoms with Crippen molar-refractivity contribution >= 4 is 5.97 Å². The molecule has 0 saturated carbocycles. The summed E-state index contributed by atoms with van der Waals surface area (Å²) in [7, 11) is 0. The van der Waals surface area contributed by atoms with Crippen LogP contribution < -0.4 is 4.57 Å². The molecule has 2 aromatic rings. The van der Waals surface area contributed by atoms with E-state index < -0.39 is 17.6 Å². The summed E-state index contributed by atoms with van der Waals surface area (Å²) in [6, 6.07) is 14.6. The fourth-order valence-electron chi connectivity index (χ4n) is 5.19. The zero-order valence-corrected chi connectivity index (χ0v) is 28.0. The van der Waals surface area contributed by atoms with Gasteiger partial charge in [0.15, 0.2) is 18.9 Å². The van der Waals surface area contributed by atoms with E-state index in [0.717, 1.165) is 24.8 Å². The topological polar surface area (TPSA) is 98.3 Å². The summed E-state index contributed by atoms with van der Waals surface area (Å²) in [5, 5.41) is 20.5. The molecule has 0 aliphatic rings. The van der Waals surface area contributed by atoms with E-state index in [1.54, 1.807) is 0 Å². The summed E-state index contributed by atoms with van der Waals surface area (Å²) in [5.41, 5.74) is 1.82. The Bertz CT molecular complexity index is 1040. The average Bonchev–Trinajstić information content (AvgIpc) is 2.97. The Hall–Kier alpha value is -2.36. The Kier molecular flexibility index (Phi) is 17.1. The predicted octanol–water partition coefficient (Wildman–Crippen LogP) is 5.27. The zero-order chi connectivity index (χ0) is 32.4. The minimum atomic E-state index is -0.666. The van der Waals surface area contributed by atoms with Crippen LogP contribution in [0.1, 0.15) is 84.3 Å². The molecule has 0 spiro atoms. The fourth-order valence-corrected chi connectivity index (χ4v) is 5.19. The van der Waals surface area contributed by atoms with Crippen molar-refractivity contribution in [3.63, 3.8) is 0 Å². The standard InChI is InChI=1S/C36H58NO7/c1-7-19-41-22-23-44-34(40)36(5,6)24-31(14-13-29-11-9-8-10-12-29)30-15-17-37(18-16-30)26-33(39)28-43-21-20-42-27-32(38)25-35(2,3)4/h8-12,15-18,31-33,38-39H,7,13-14,19-28H2,1-6H3/q+1. The number of nitrogens with zero attached hydrogens (tertiary/aromatic N) is 1. The normalized spacial score (nSPS) is 14.3. The van der Waals surface area contributed by atoms with E-state index in [1.807, 2.05) is 43.8 Å². The Morgan fingerprint density at radius 3 is 2.02 bits per heavy atom. The maximum Gasteiger partial charge on any atom is 0.311 e. The largest absolute Gasteiger partial charge is 0.463 e. The van der Waals surface area contributed by atoms with Crippen LogP contribution in [0.15, 0.2) is 54.9 Å². The molecular formula is C36H58NO7+. The minimum Gasteiger partial charge on any atom is -0.463 e. The summed E-state index contributed by atoms with van der Waals surface area (Å²) >= 11 is 0. The van der Waals surface area contributed by atoms with Crippen LogP contribution in [-0.2, 0) is 36.7 Å². The van der Waals surface area contributed by atoms with E-state index in [0.29, 0.717) is 45.8 Å². The highest BCUT2D eigenvalue weighted by Gasteiger charge is 2.33. The highest BCUT2D eigenvalue weighted by Crippen LogP contribution is 2.35. The monoisotopic (exact) mass is 616 g/mol. The van der Waals surface area contributed by atoms with E-state index in [9.17, 15) is 15.0 Å². The van der Waals surface area contributed by atoms with Gasteiger partial charge in [-0.1, -0.05) is 58.0 Å². The maximum atomic E-state index is 13.0. The predicted molar refractivity (Wildman–Crippen MR) is 172 cm³/mol. The molecule has 248 valence electrons. The van der Waals surface area contributed by atoms with Crippen LogP contribution in [0.5, 0.6) is 0 Å². The molecule has 2 rings (SSSR count). The highest BCUT2D eigenvalue weighted by molar-refractivity contribution is 5.76. The van der Waals surface area contributed by atoms with Crippen molar-refractivity contribution in [1.82, 2.24) is 0 Å². The van der Waals surface area contributed by atoms with Crippen molar-refractivity contribution in [2.24, 2.45) is 10.8 Å². The first kappa shape index (κ1) is 37.8. The third-order valence-electron chi connectivity index (χ3n) is 7.39. The quantitative estimate of drug-likeness (QED) is 0.106. The van der Waals surface area contributed by atoms with Crippen molar-refractivity contribution in [3.05, 3.63) is 66.0 Å². The Morgan fingerprint density at radius 2 is 1.41 bits per heavy atom. The number of aromatic nitrogens is 1. The van der Waals surface area contributed by atoms with Gasteiger partial charge in [-0.2, -0.15) is 0 Å². The summed E-state index contributed by atoms with van der Waals surface area (Å²) in [6.45, 7) is 15.2. The van der Waals surface area contributed by atoms with Crippen molar-refractivity contribution in [2.75, 3.05) is 46.2 Å². The SMILES string of the molecule is CCCOCCOC(=O)C(C)(C)CC(CCc1ccccc1)c1cc[n+](CC(O)COCCOCC(O)CC(C)(C)C)cc1. The van der Waals surface area contributed by atoms with Gasteiger partial charge in [0.1, 0.15) is 12.7 Å². The Morgan fingerprint density at radius 1 is 0.795 bits per heavy atom. The molecule has 2 N–H and O–H groups in total. The van der Waals surface area contributed by atoms with Gasteiger partial charge in [-0.05, 0) is 68.4 Å². The van der Waals surface area contributed by atoms with Gasteiger partial charge in [0.05, 0.1) is 44.6 Å². The maximum absolute atomic E-state index is 13.0. The Labute approximate surface area is 265 Å². The molecule has 0 bridgehead atoms. The molecule has 1 heterocycles. The average molecular weight is 617 g/mol. The van der Waals surface area contributed by atoms with Crippen molar-refractivity contribution in [3.8, 4) is 0 Å². The first-order valence-corrected chi connectivity index (χ1v) is 16.2. The lowest BCUT2D eigenvalue weighted by atomic mass is 9.78. The molecule has 8 nitrogen and oxygen atoms in total. The fraction of sp³-hybridized carbons (Fsp3) is 0.667. The second kappa shape index (κ2) is 19.9. The first-order valence-electron chi connectivity index (χ1n) is 16.2. The summed E-state index contributed by atoms with van der Waals surface area (Å²) in [6.07, 6.45) is 6.87. The minimum absolute atomic E-state index is 0.0519. The number of ether oxygens (including phenoxy) is 4. The lowest BCUT2D eigenvalue weighted by molar-refractivity contribution is -0.704. The van der Waals surface area contributed by atoms with Crippen LogP contribution in [0, 0.1) is 10.8 Å². The van der Waals surface area contributed by atoms with E-state index in [4.69, 9.17) is 18.9 Å². The van der Waals surface area contributed by atoms with Crippen LogP contribution in [0.4, 0.5) is 0 Å². The van der Waals surface area contributed by atoms with Crippen LogP contribution in [0.3, 0.4) is 0 Å². The summed E-state index contributed by atoms with van der Waals surface area (Å²) < 4.78 is 24.1. The van der Waals surface area contributed by atoms with Crippen molar-refractivity contribution in [1.29, 1.82) is 0 Å². The molecular weight excluding hydrogens is 558 g/mol. The van der Waals surface area contributed by atoms with Gasteiger partial charge in [0.25, 0.3) is 0 Å². The third-order valence-corrected chi connectivity index (χ3v) is 7.39. The zero-order valence-electron chi connectivity index (χ0n) is 28.0. The molecule has 0 saturated heterocycles. The van der Waals surface area contributed by atoms with Crippen LogP contribution >= 0.6 is 0 Å². The molecule has 1 aromatic carbocycles. The number of pyridine rings is 1. The van der Waals surface area contributed by atoms with Gasteiger partial charge in [-0.15, -0.1) is 0 Å². The summed E-state index contributed by atoms with van der Waals surface area (Å²) in [4.78, 5) is 13.0. The van der Waals surface area contributed by atoms with Gasteiger partial charge in [0.2, 0.25) is 0 Å². The van der Waals surface area contributed by atoms with E-state index in [2.05, 4.69) is 57.2 Å². The number of aliphatic hydroxyl groups excluding tert-OH is 2. The smallest absolute Gasteiger partial charge is 0.311 e. The lowest BCUT2D eigenvalue weighted by Gasteiger charge is -2.28. The summed E-state index contributed by atoms with van der Waals surface area (Å²) in [5.74, 6) is -0.0539. The molecule has 8 heteroatoms. The van der Waals surface area contributed by atoms with E-state index in [1.165, 1.54) is 5.56 Å². The van der Waals surface area contributed by atoms with Gasteiger partial charge in [-0.25, -0.2) is 4.57 Å². The molecule has 44 heavy (non-hydrogen) atoms. The number of aliphatic hydroxyl groups is 2. The van der Waals surface area contributed by atoms with Gasteiger partial charge >= 0.3 is 5.97 Å². The number of rotatable bonds is 22. The number of carbonyl (C=O) groups excluding carboxylic acids is 1. The van der Waals surface area contributed by atoms with E-state index >= 15 is 0 Å². The molecule has 3 unspecified atom stereocenters. The molecule has 1 aromatic heterocycles. The molecule has 3 atom stereocenters. The molecule has 0 aliphatic heterocycles. The molecule has 0 fully saturated rings. The van der Waals surface area contributed by atoms with Crippen LogP contribution in [-0.4, -0.2) is 74.6 Å². The highest BCUT2D eigenvalue weighted by atomic mass is 16.6. The van der Waals surface area contributed by atoms with Crippen molar-refractivity contribution < 1.29 is 38.5 Å². The Balaban J connectivity index is 1.89. The molecule has 0 radical (unpaired) electrons. The second-order valence-electron chi connectivity index (χ2n) is 13.6. The number of benzene rings is 1. The number of aryl methyl sites for hydroxylation is 1. The lowest BCUT2D eigenvalue weighted by Crippen LogP contribution is -2.41. The molecule has 0 amide bonds. The van der Waals surface area contributed by atoms with E-state index in [-0.39, 0.29) is 37.1 Å². The van der Waals surface area contributed by atoms with Crippen LogP contribution in [0.25, 0.3) is 0 Å². The van der Waals surface area contributed by atoms with Crippen molar-refractivity contribution in [2.45, 2.75) is 98.3 Å². The number of hydrogen-bond acceptors (Lipinski definition) is 7. The van der Waals surface area contributed by atoms with Gasteiger partial charge < -0.3 is 29.2 Å². The van der Waals surface area contributed by atoms with Gasteiger partial charge in [-0.3, -0.25) is 4.79 Å². The number of esters is 1. The number of carbonyl (C=O) groups is 1. The second-order valence-corrected chi connectivity index (χ2v) is 13.6. The number of hydrogen-bond donors (Lipinski definition) is 2. The van der Waals surface area contributed by atoms with Crippen LogP contribution in [0.2, 0.25) is 0 Å². The molecule has 0 aliphatic carbocycles. The first-order chi connectivity index (χ1) is 20.9. The van der Waals surface area contributed by atoms with Gasteiger partial charge in [0, 0.05) is 18.7 Å².